The smallest absolute Gasteiger partial charge is 0.312 e. The van der Waals surface area contributed by atoms with Crippen LogP contribution in [0.2, 0.25) is 20.2 Å². The van der Waals surface area contributed by atoms with Gasteiger partial charge in [0.05, 0.1) is 30.6 Å². The van der Waals surface area contributed by atoms with E-state index in [0.717, 1.165) is 24.7 Å². The van der Waals surface area contributed by atoms with Gasteiger partial charge in [-0.1, -0.05) is 46.4 Å². The first-order chi connectivity index (χ1) is 19.4. The van der Waals surface area contributed by atoms with Crippen molar-refractivity contribution in [2.24, 2.45) is 5.73 Å². The maximum Gasteiger partial charge on any atom is 0.312 e. The summed E-state index contributed by atoms with van der Waals surface area (Å²) in [6, 6.07) is 5.65. The highest BCUT2D eigenvalue weighted by Gasteiger charge is 2.26. The van der Waals surface area contributed by atoms with Crippen LogP contribution in [0.25, 0.3) is 0 Å². The lowest BCUT2D eigenvalue weighted by molar-refractivity contribution is -0.385. The van der Waals surface area contributed by atoms with Crippen LogP contribution in [0.4, 0.5) is 28.7 Å². The van der Waals surface area contributed by atoms with Crippen molar-refractivity contribution in [1.82, 2.24) is 15.0 Å². The number of rotatable bonds is 6. The molecule has 3 heterocycles. The van der Waals surface area contributed by atoms with E-state index < -0.39 is 9.85 Å². The summed E-state index contributed by atoms with van der Waals surface area (Å²) in [5, 5.41) is 27.9. The standard InChI is InChI=1S/C8H8ClN3O2.C8H10ClN3.C5H2Cl2N2O2.C3H7N/c9-5-3-7(12(13)14)8(10-4-5)11-6-1-2-6;9-5-3-7(10)8(11-4-5)12-6-1-2-6;6-3-1-4(9(10)11)5(7)8-2-3;4-3-1-2-3/h3-4,6H,1-2H2,(H,10,11);3-4,6H,1-2,10H2,(H,11,12);1-2H;3H,1-2,4H2. The minimum atomic E-state index is -0.638. The molecule has 0 radical (unpaired) electrons. The molecule has 41 heavy (non-hydrogen) atoms. The second-order valence-corrected chi connectivity index (χ2v) is 10.9. The third-order valence-electron chi connectivity index (χ3n) is 5.36. The molecule has 17 heteroatoms. The molecule has 13 nitrogen and oxygen atoms in total. The van der Waals surface area contributed by atoms with Gasteiger partial charge in [0.25, 0.3) is 0 Å². The summed E-state index contributed by atoms with van der Waals surface area (Å²) >= 11 is 22.1. The molecule has 0 saturated heterocycles. The van der Waals surface area contributed by atoms with Crippen molar-refractivity contribution in [2.75, 3.05) is 16.4 Å². The highest BCUT2D eigenvalue weighted by molar-refractivity contribution is 6.33. The number of anilines is 3. The lowest BCUT2D eigenvalue weighted by Crippen LogP contribution is -2.05. The van der Waals surface area contributed by atoms with Crippen molar-refractivity contribution in [3.63, 3.8) is 0 Å². The second kappa shape index (κ2) is 15.1. The molecule has 3 fully saturated rings. The molecule has 0 aromatic carbocycles. The Morgan fingerprint density at radius 1 is 0.707 bits per heavy atom. The Labute approximate surface area is 255 Å². The molecule has 0 bridgehead atoms. The van der Waals surface area contributed by atoms with E-state index in [-0.39, 0.29) is 26.6 Å². The number of hydrogen-bond acceptors (Lipinski definition) is 11. The molecule has 3 saturated carbocycles. The lowest BCUT2D eigenvalue weighted by Gasteiger charge is -2.05. The van der Waals surface area contributed by atoms with Crippen molar-refractivity contribution in [1.29, 1.82) is 0 Å². The van der Waals surface area contributed by atoms with E-state index in [1.54, 1.807) is 12.3 Å². The molecule has 0 unspecified atom stereocenters. The summed E-state index contributed by atoms with van der Waals surface area (Å²) in [6.07, 6.45) is 11.3. The molecular formula is C24H27Cl4N9O4. The number of halogens is 4. The summed E-state index contributed by atoms with van der Waals surface area (Å²) in [4.78, 5) is 31.2. The zero-order valence-electron chi connectivity index (χ0n) is 21.5. The Morgan fingerprint density at radius 3 is 1.54 bits per heavy atom. The predicted molar refractivity (Wildman–Crippen MR) is 161 cm³/mol. The predicted octanol–water partition coefficient (Wildman–Crippen LogP) is 6.51. The second-order valence-electron chi connectivity index (χ2n) is 9.26. The normalized spacial score (nSPS) is 15.0. The minimum Gasteiger partial charge on any atom is -0.396 e. The Kier molecular flexibility index (Phi) is 11.9. The van der Waals surface area contributed by atoms with Crippen LogP contribution in [0, 0.1) is 20.2 Å². The molecule has 6 rings (SSSR count). The number of nitrogens with one attached hydrogen (secondary N) is 2. The Hall–Kier alpha value is -3.23. The first kappa shape index (κ1) is 32.3. The van der Waals surface area contributed by atoms with E-state index in [1.165, 1.54) is 44.1 Å². The van der Waals surface area contributed by atoms with Crippen molar-refractivity contribution in [3.05, 3.63) is 77.2 Å². The number of aromatic nitrogens is 3. The van der Waals surface area contributed by atoms with E-state index >= 15 is 0 Å². The molecule has 3 aliphatic carbocycles. The fourth-order valence-corrected chi connectivity index (χ4v) is 3.38. The van der Waals surface area contributed by atoms with Gasteiger partial charge < -0.3 is 22.1 Å². The zero-order chi connectivity index (χ0) is 30.1. The molecule has 6 N–H and O–H groups in total. The number of nitrogen functional groups attached to an aromatic ring is 1. The van der Waals surface area contributed by atoms with Crippen molar-refractivity contribution >= 4 is 75.1 Å². The Morgan fingerprint density at radius 2 is 1.12 bits per heavy atom. The highest BCUT2D eigenvalue weighted by atomic mass is 35.5. The van der Waals surface area contributed by atoms with Crippen molar-refractivity contribution in [2.45, 2.75) is 56.7 Å². The molecule has 3 aliphatic rings. The third-order valence-corrected chi connectivity index (χ3v) is 6.27. The van der Waals surface area contributed by atoms with Crippen LogP contribution >= 0.6 is 46.4 Å². The Balaban J connectivity index is 0.000000159. The number of pyridine rings is 3. The van der Waals surface area contributed by atoms with Gasteiger partial charge in [-0.3, -0.25) is 20.2 Å². The topological polar surface area (TPSA) is 201 Å². The third kappa shape index (κ3) is 12.0. The maximum absolute atomic E-state index is 10.6. The lowest BCUT2D eigenvalue weighted by atomic mass is 10.4. The summed E-state index contributed by atoms with van der Waals surface area (Å²) in [5.41, 5.74) is 11.2. The van der Waals surface area contributed by atoms with Gasteiger partial charge in [0.1, 0.15) is 5.82 Å². The van der Waals surface area contributed by atoms with Gasteiger partial charge in [-0.25, -0.2) is 15.0 Å². The molecule has 220 valence electrons. The summed E-state index contributed by atoms with van der Waals surface area (Å²) in [5.74, 6) is 1.06. The first-order valence-corrected chi connectivity index (χ1v) is 13.9. The molecule has 3 aromatic heterocycles. The van der Waals surface area contributed by atoms with Crippen LogP contribution in [-0.4, -0.2) is 42.9 Å². The molecule has 0 amide bonds. The van der Waals surface area contributed by atoms with Crippen LogP contribution in [-0.2, 0) is 0 Å². The summed E-state index contributed by atoms with van der Waals surface area (Å²) in [7, 11) is 0. The zero-order valence-corrected chi connectivity index (χ0v) is 24.5. The van der Waals surface area contributed by atoms with E-state index in [1.807, 2.05) is 0 Å². The Bertz CT molecular complexity index is 1370. The van der Waals surface area contributed by atoms with Gasteiger partial charge >= 0.3 is 11.4 Å². The molecule has 0 spiro atoms. The molecule has 0 aliphatic heterocycles. The number of nitrogens with two attached hydrogens (primary N) is 2. The van der Waals surface area contributed by atoms with Crippen LogP contribution in [0.15, 0.2) is 36.8 Å². The van der Waals surface area contributed by atoms with Gasteiger partial charge in [-0.15, -0.1) is 0 Å². The SMILES string of the molecule is NC1CC1.Nc1cc(Cl)cnc1NC1CC1.O=[N+]([O-])c1cc(Cl)cnc1Cl.O=[N+]([O-])c1cc(Cl)cnc1NC1CC1. The fraction of sp³-hybridized carbons (Fsp3) is 0.375. The van der Waals surface area contributed by atoms with E-state index in [0.29, 0.717) is 34.7 Å². The average molecular weight is 647 g/mol. The highest BCUT2D eigenvalue weighted by Crippen LogP contribution is 2.31. The van der Waals surface area contributed by atoms with Gasteiger partial charge in [0, 0.05) is 48.8 Å². The summed E-state index contributed by atoms with van der Waals surface area (Å²) in [6.45, 7) is 0. The average Bonchev–Trinajstić information content (AvgIpc) is 3.75. The molecular weight excluding hydrogens is 620 g/mol. The van der Waals surface area contributed by atoms with Gasteiger partial charge in [0.15, 0.2) is 0 Å². The first-order valence-electron chi connectivity index (χ1n) is 12.4. The van der Waals surface area contributed by atoms with Crippen LogP contribution in [0.3, 0.4) is 0 Å². The fourth-order valence-electron chi connectivity index (χ4n) is 2.73. The van der Waals surface area contributed by atoms with E-state index in [4.69, 9.17) is 57.9 Å². The maximum atomic E-state index is 10.6. The van der Waals surface area contributed by atoms with Gasteiger partial charge in [0.2, 0.25) is 11.0 Å². The monoisotopic (exact) mass is 645 g/mol. The van der Waals surface area contributed by atoms with Crippen molar-refractivity contribution in [3.8, 4) is 0 Å². The summed E-state index contributed by atoms with van der Waals surface area (Å²) < 4.78 is 0. The number of nitro groups is 2. The number of hydrogen-bond donors (Lipinski definition) is 4. The van der Waals surface area contributed by atoms with Crippen LogP contribution in [0.5, 0.6) is 0 Å². The van der Waals surface area contributed by atoms with E-state index in [9.17, 15) is 20.2 Å². The quantitative estimate of drug-likeness (QED) is 0.129. The minimum absolute atomic E-state index is 0.0654. The number of nitrogens with zero attached hydrogens (tertiary/aromatic N) is 5. The van der Waals surface area contributed by atoms with Gasteiger partial charge in [-0.2, -0.15) is 0 Å². The largest absolute Gasteiger partial charge is 0.396 e. The van der Waals surface area contributed by atoms with Gasteiger partial charge in [-0.05, 0) is 44.6 Å². The van der Waals surface area contributed by atoms with Crippen LogP contribution in [0.1, 0.15) is 38.5 Å². The van der Waals surface area contributed by atoms with Crippen LogP contribution < -0.4 is 22.1 Å². The van der Waals surface area contributed by atoms with Crippen molar-refractivity contribution < 1.29 is 9.85 Å². The molecule has 0 atom stereocenters. The molecule has 3 aromatic rings. The van der Waals surface area contributed by atoms with E-state index in [2.05, 4.69) is 25.6 Å².